The molecular formula is C120H182ClN5Na2O17S2. The average molecular weight is 2110 g/mol. The van der Waals surface area contributed by atoms with Crippen LogP contribution in [0.15, 0.2) is 90.5 Å². The van der Waals surface area contributed by atoms with E-state index < -0.39 is 18.5 Å². The molecule has 0 aromatic rings. The Morgan fingerprint density at radius 3 is 0.687 bits per heavy atom. The number of hydrogen-bond acceptors (Lipinski definition) is 22. The molecule has 0 aromatic carbocycles. The Morgan fingerprint density at radius 1 is 0.265 bits per heavy atom. The second kappa shape index (κ2) is 44.7. The molecule has 22 nitrogen and oxygen atoms in total. The molecule has 0 radical (unpaired) electrons. The number of hydrogen-bond donors (Lipinski definition) is 9. The summed E-state index contributed by atoms with van der Waals surface area (Å²) in [5.74, 6) is 16.9. The molecule has 24 aliphatic rings. The molecule has 39 atom stereocenters. The number of aliphatic hydroxyl groups is 3. The topological polar surface area (TPSA) is 391 Å². The van der Waals surface area contributed by atoms with Crippen molar-refractivity contribution in [2.24, 2.45) is 234 Å². The second-order valence-corrected chi connectivity index (χ2v) is 57.8. The molecule has 0 amide bonds. The summed E-state index contributed by atoms with van der Waals surface area (Å²) in [5, 5.41) is 91.5. The summed E-state index contributed by atoms with van der Waals surface area (Å²) in [5.41, 5.74) is 13.8. The van der Waals surface area contributed by atoms with E-state index in [9.17, 15) is 60.1 Å². The third-order valence-corrected chi connectivity index (χ3v) is 49.6. The van der Waals surface area contributed by atoms with Crippen molar-refractivity contribution in [2.45, 2.75) is 413 Å². The Labute approximate surface area is 916 Å². The SMILES string of the molecule is C[C@H]1CC[C@@]2(C)C(=CC(=O)C3C2CC[C@]2(C)/C(=N\O)CCC32)C1.C[C@H]1CC[C@@]2(C)C(=CC(=O)C3C2CC[C@]2(C)/C(=N\O)CCC32)C1.C[C@H]1CC[C@@]2(C)C(=CC(=O)C3C2CC[C@]2(C)C(=O)CCC32)C1.C[C@H]1CC[C@@]2(C)C(=C[C@H](O)C3C2CC[C@]2(C)/C(=N\O)CCC32)C1.C[C@H]1CC[C@@]2(C)C(=C[C@H](O)C3C2CC[C@]2(C)/C(=N\O)CCC32)C1.C[C@H]1CC[C@@]2(C)C(=C[C@H](O)C3C2CC[C@]2(C)C(=O)CCC32)C1.Cl.NO.O=S(=O)=S(=O)=O.[Na][Na]. The first kappa shape index (κ1) is 117. The number of ketones is 5. The van der Waals surface area contributed by atoms with Crippen LogP contribution in [0.1, 0.15) is 394 Å². The van der Waals surface area contributed by atoms with Gasteiger partial charge in [-0.05, 0) is 432 Å². The van der Waals surface area contributed by atoms with Gasteiger partial charge in [0.05, 0.1) is 41.2 Å². The summed E-state index contributed by atoms with van der Waals surface area (Å²) < 4.78 is 36.3. The average Bonchev–Trinajstić information content (AvgIpc) is 1.69. The van der Waals surface area contributed by atoms with Gasteiger partial charge in [0.1, 0.15) is 11.6 Å². The van der Waals surface area contributed by atoms with Gasteiger partial charge in [0.25, 0.3) is 0 Å². The van der Waals surface area contributed by atoms with E-state index in [1.54, 1.807) is 0 Å². The standard InChI is InChI=1S/2C20H31NO2.2C20H29NO2.C20H30O2.C20H28O2.ClH.H3NO.2Na.O4S2/c4*1-12-6-8-19(2)13(10-12)11-16(22)18-14-4-5-17(21-23)20(14,3)9-7-15(18)19;2*1-12-6-8-19(2)13(10-12)11-16(21)18-14-4-5-17(22)20(14,3)9-7-15(18)19;;1-2;;;1-5(2)6(3)4/h2*11-12,14-16,18,22-23H,4-10H2,1-3H3;2*11-12,14-15,18,23H,4-10H2,1-3H3;11-12,14-16,18,21H,4-10H2,1-3H3;11-12,14-15,18H,4-10H2,1-3H3;1H;2H,1H2;;;/b4*21-17-;;;;;;;/t2*12-,14?,15?,16-,18?,19-,20-;2*12-,14?,15?,18?,19-,20-;12-,14?,15?,16-,18?,19-,20-;12-,14?,15?,18?,19-,20-;;;;;/m000000...../s1. The van der Waals surface area contributed by atoms with Crippen LogP contribution in [-0.4, -0.2) is 172 Å². The molecule has 0 heterocycles. The Kier molecular flexibility index (Phi) is 35.7. The van der Waals surface area contributed by atoms with Gasteiger partial charge in [0, 0.05) is 63.1 Å². The van der Waals surface area contributed by atoms with Crippen molar-refractivity contribution in [3.8, 4) is 0 Å². The van der Waals surface area contributed by atoms with Crippen LogP contribution >= 0.6 is 12.4 Å². The van der Waals surface area contributed by atoms with Crippen molar-refractivity contribution in [1.82, 2.24) is 0 Å². The number of allylic oxidation sites excluding steroid dienone is 9. The van der Waals surface area contributed by atoms with Crippen LogP contribution in [0.5, 0.6) is 0 Å². The normalized spacial score (nSPS) is 49.1. The third kappa shape index (κ3) is 20.0. The summed E-state index contributed by atoms with van der Waals surface area (Å²) in [6.45, 7) is 41.9. The molecule has 810 valence electrons. The van der Waals surface area contributed by atoms with E-state index in [0.29, 0.717) is 142 Å². The van der Waals surface area contributed by atoms with Crippen LogP contribution in [0.2, 0.25) is 0 Å². The molecule has 18 unspecified atom stereocenters. The summed E-state index contributed by atoms with van der Waals surface area (Å²) in [4.78, 5) is 63.8. The first-order chi connectivity index (χ1) is 69.0. The van der Waals surface area contributed by atoms with Crippen LogP contribution in [0.4, 0.5) is 0 Å². The van der Waals surface area contributed by atoms with Gasteiger partial charge in [-0.25, -0.2) is 5.90 Å². The number of halogens is 1. The van der Waals surface area contributed by atoms with Crippen molar-refractivity contribution in [2.75, 3.05) is 0 Å². The Balaban J connectivity index is 0.000000130. The van der Waals surface area contributed by atoms with Crippen molar-refractivity contribution in [3.05, 3.63) is 69.9 Å². The summed E-state index contributed by atoms with van der Waals surface area (Å²) in [7, 11) is -5.90. The summed E-state index contributed by atoms with van der Waals surface area (Å²) in [6.07, 6.45) is 58.1. The van der Waals surface area contributed by atoms with Crippen molar-refractivity contribution in [1.29, 1.82) is 0 Å². The molecule has 24 aliphatic carbocycles. The molecule has 0 bridgehead atoms. The fourth-order valence-electron chi connectivity index (χ4n) is 39.6. The van der Waals surface area contributed by atoms with E-state index in [4.69, 9.17) is 22.0 Å². The minimum atomic E-state index is -2.95. The number of Topliss-reactive ketones (excluding diaryl/α,β-unsaturated/α-hetero) is 2. The number of nitrogens with two attached hydrogens (primary N) is 1. The van der Waals surface area contributed by atoms with Gasteiger partial charge in [-0.1, -0.05) is 197 Å². The number of oxime groups is 4. The van der Waals surface area contributed by atoms with E-state index >= 15 is 0 Å². The van der Waals surface area contributed by atoms with Crippen LogP contribution in [0, 0.1) is 207 Å². The monoisotopic (exact) mass is 2110 g/mol. The fourth-order valence-corrected chi connectivity index (χ4v) is 39.6. The van der Waals surface area contributed by atoms with Gasteiger partial charge in [-0.15, -0.1) is 12.4 Å². The molecule has 0 aromatic heterocycles. The number of nitrogens with zero attached hydrogens (tertiary/aromatic N) is 4. The second-order valence-electron chi connectivity index (χ2n) is 55.4. The number of rotatable bonds is 0. The molecule has 24 rings (SSSR count). The predicted molar refractivity (Wildman–Crippen MR) is 580 cm³/mol. The first-order valence-electron chi connectivity index (χ1n) is 58.3. The third-order valence-electron chi connectivity index (χ3n) is 48.7. The van der Waals surface area contributed by atoms with Crippen molar-refractivity contribution in [3.63, 3.8) is 0 Å². The Morgan fingerprint density at radius 2 is 0.435 bits per heavy atom. The van der Waals surface area contributed by atoms with E-state index in [2.05, 4.69) is 169 Å². The number of carbonyl (C=O) groups excluding carboxylic acids is 5. The minimum absolute atomic E-state index is 0. The predicted octanol–water partition coefficient (Wildman–Crippen LogP) is 24.1. The maximum atomic E-state index is 13.0. The molecule has 10 N–H and O–H groups in total. The van der Waals surface area contributed by atoms with Gasteiger partial charge in [-0.3, -0.25) is 24.0 Å². The fraction of sp³-hybridized carbons (Fsp3) is 0.825. The zero-order chi connectivity index (χ0) is 106. The molecule has 0 spiro atoms. The number of fused-ring (bicyclic) bond motifs is 30. The summed E-state index contributed by atoms with van der Waals surface area (Å²) in [6, 6.07) is 0. The van der Waals surface area contributed by atoms with E-state index in [-0.39, 0.29) is 113 Å². The van der Waals surface area contributed by atoms with Crippen LogP contribution < -0.4 is 5.90 Å². The summed E-state index contributed by atoms with van der Waals surface area (Å²) >= 11 is 2.89. The molecule has 147 heavy (non-hydrogen) atoms. The molecular weight excluding hydrogens is 1930 g/mol. The zero-order valence-corrected chi connectivity index (χ0v) is 99.5. The van der Waals surface area contributed by atoms with Gasteiger partial charge in [-0.2, -0.15) is 16.8 Å². The quantitative estimate of drug-likeness (QED) is 0.0471. The molecule has 18 saturated carbocycles. The van der Waals surface area contributed by atoms with Crippen molar-refractivity contribution < 1.29 is 82.2 Å². The maximum absolute atomic E-state index is 13.0. The van der Waals surface area contributed by atoms with E-state index in [1.807, 2.05) is 18.2 Å². The molecule has 0 aliphatic heterocycles. The van der Waals surface area contributed by atoms with Gasteiger partial charge < -0.3 is 41.4 Å². The van der Waals surface area contributed by atoms with Gasteiger partial charge in [0.15, 0.2) is 17.3 Å². The molecule has 18 fully saturated rings. The van der Waals surface area contributed by atoms with Crippen molar-refractivity contribution >= 4 is 126 Å². The van der Waals surface area contributed by atoms with E-state index in [0.717, 1.165) is 214 Å². The molecule has 0 saturated heterocycles. The Hall–Kier alpha value is -3.60. The molecule has 27 heteroatoms. The number of aliphatic hydroxyl groups excluding tert-OH is 3. The number of carbonyl (C=O) groups is 5. The van der Waals surface area contributed by atoms with Gasteiger partial charge >= 0.3 is 62.1 Å². The Bertz CT molecular complexity index is 5360. The van der Waals surface area contributed by atoms with Crippen LogP contribution in [0.25, 0.3) is 0 Å². The van der Waals surface area contributed by atoms with Crippen LogP contribution in [-0.2, 0) is 42.5 Å². The first-order valence-corrected chi connectivity index (χ1v) is 68.9. The van der Waals surface area contributed by atoms with Gasteiger partial charge in [0.2, 0.25) is 0 Å². The van der Waals surface area contributed by atoms with E-state index in [1.165, 1.54) is 167 Å². The van der Waals surface area contributed by atoms with Crippen LogP contribution in [0.3, 0.4) is 0 Å². The zero-order valence-electron chi connectivity index (χ0n) is 93.1.